The van der Waals surface area contributed by atoms with Crippen molar-refractivity contribution in [3.05, 3.63) is 75.4 Å². The van der Waals surface area contributed by atoms with E-state index in [1.807, 2.05) is 55.1 Å². The molecule has 2 amide bonds. The van der Waals surface area contributed by atoms with Crippen LogP contribution in [0.3, 0.4) is 0 Å². The standard InChI is InChI=1S/C24H22N4O3S/c1-14-10-15(2)22-18(27-31-19(22)11-14)12-21(29)26-24-25-17-8-9-28(13-20(17)32-24)23(30)16-6-4-3-5-7-16/h3-7,10-11H,8-9,12-13H2,1-2H3,(H,25,26,29). The number of aryl methyl sites for hydroxylation is 2. The van der Waals surface area contributed by atoms with Crippen molar-refractivity contribution >= 4 is 39.3 Å². The third kappa shape index (κ3) is 3.89. The third-order valence-electron chi connectivity index (χ3n) is 5.60. The molecule has 0 radical (unpaired) electrons. The Balaban J connectivity index is 1.28. The largest absolute Gasteiger partial charge is 0.356 e. The molecule has 162 valence electrons. The Labute approximate surface area is 189 Å². The van der Waals surface area contributed by atoms with E-state index in [9.17, 15) is 9.59 Å². The van der Waals surface area contributed by atoms with Crippen LogP contribution in [-0.2, 0) is 24.2 Å². The first-order valence-electron chi connectivity index (χ1n) is 10.5. The van der Waals surface area contributed by atoms with E-state index in [-0.39, 0.29) is 18.2 Å². The van der Waals surface area contributed by atoms with Gasteiger partial charge in [0.1, 0.15) is 5.69 Å². The number of rotatable bonds is 4. The minimum Gasteiger partial charge on any atom is -0.356 e. The maximum Gasteiger partial charge on any atom is 0.254 e. The van der Waals surface area contributed by atoms with Crippen molar-refractivity contribution in [2.45, 2.75) is 33.2 Å². The van der Waals surface area contributed by atoms with Crippen molar-refractivity contribution in [2.24, 2.45) is 0 Å². The van der Waals surface area contributed by atoms with Crippen LogP contribution in [0.5, 0.6) is 0 Å². The molecule has 4 aromatic rings. The van der Waals surface area contributed by atoms with Crippen LogP contribution in [0.2, 0.25) is 0 Å². The number of aromatic nitrogens is 2. The molecule has 32 heavy (non-hydrogen) atoms. The van der Waals surface area contributed by atoms with E-state index in [0.29, 0.717) is 41.5 Å². The van der Waals surface area contributed by atoms with Crippen LogP contribution in [0.15, 0.2) is 47.0 Å². The van der Waals surface area contributed by atoms with Crippen molar-refractivity contribution in [1.29, 1.82) is 0 Å². The van der Waals surface area contributed by atoms with E-state index in [4.69, 9.17) is 4.52 Å². The number of nitrogens with zero attached hydrogens (tertiary/aromatic N) is 3. The Morgan fingerprint density at radius 1 is 1.19 bits per heavy atom. The Bertz CT molecular complexity index is 1330. The molecule has 0 saturated heterocycles. The van der Waals surface area contributed by atoms with Gasteiger partial charge in [-0.1, -0.05) is 40.8 Å². The molecular weight excluding hydrogens is 424 g/mol. The molecular formula is C24H22N4O3S. The van der Waals surface area contributed by atoms with Crippen molar-refractivity contribution < 1.29 is 14.1 Å². The van der Waals surface area contributed by atoms with E-state index in [1.54, 1.807) is 0 Å². The average molecular weight is 447 g/mol. The Morgan fingerprint density at radius 3 is 2.81 bits per heavy atom. The molecule has 0 fully saturated rings. The number of carbonyl (C=O) groups is 2. The highest BCUT2D eigenvalue weighted by molar-refractivity contribution is 7.15. The maximum absolute atomic E-state index is 12.8. The van der Waals surface area contributed by atoms with Crippen LogP contribution in [0.1, 0.15) is 37.7 Å². The molecule has 1 N–H and O–H groups in total. The summed E-state index contributed by atoms with van der Waals surface area (Å²) in [6, 6.07) is 13.3. The summed E-state index contributed by atoms with van der Waals surface area (Å²) in [5.41, 5.74) is 5.07. The fourth-order valence-corrected chi connectivity index (χ4v) is 5.18. The van der Waals surface area contributed by atoms with Crippen molar-refractivity contribution in [2.75, 3.05) is 11.9 Å². The van der Waals surface area contributed by atoms with E-state index >= 15 is 0 Å². The summed E-state index contributed by atoms with van der Waals surface area (Å²) in [7, 11) is 0. The topological polar surface area (TPSA) is 88.3 Å². The molecule has 0 bridgehead atoms. The lowest BCUT2D eigenvalue weighted by Crippen LogP contribution is -2.35. The van der Waals surface area contributed by atoms with Gasteiger partial charge in [0, 0.05) is 28.8 Å². The molecule has 2 aromatic heterocycles. The number of hydrogen-bond donors (Lipinski definition) is 1. The number of amides is 2. The molecule has 0 atom stereocenters. The van der Waals surface area contributed by atoms with Crippen LogP contribution in [0.4, 0.5) is 5.13 Å². The summed E-state index contributed by atoms with van der Waals surface area (Å²) in [6.45, 7) is 5.11. The summed E-state index contributed by atoms with van der Waals surface area (Å²) in [6.07, 6.45) is 0.784. The second kappa shape index (κ2) is 8.20. The van der Waals surface area contributed by atoms with Crippen LogP contribution in [0.25, 0.3) is 11.0 Å². The molecule has 0 unspecified atom stereocenters. The predicted octanol–water partition coefficient (Wildman–Crippen LogP) is 4.28. The molecule has 7 nitrogen and oxygen atoms in total. The van der Waals surface area contributed by atoms with Gasteiger partial charge in [0.2, 0.25) is 5.91 Å². The minimum atomic E-state index is -0.191. The molecule has 0 spiro atoms. The highest BCUT2D eigenvalue weighted by Gasteiger charge is 2.25. The number of anilines is 1. The molecule has 0 saturated carbocycles. The van der Waals surface area contributed by atoms with E-state index in [1.165, 1.54) is 11.3 Å². The minimum absolute atomic E-state index is 0.0127. The van der Waals surface area contributed by atoms with Gasteiger partial charge in [-0.25, -0.2) is 4.98 Å². The summed E-state index contributed by atoms with van der Waals surface area (Å²) in [4.78, 5) is 32.9. The second-order valence-electron chi connectivity index (χ2n) is 8.04. The van der Waals surface area contributed by atoms with Gasteiger partial charge in [0.25, 0.3) is 5.91 Å². The first kappa shape index (κ1) is 20.4. The zero-order chi connectivity index (χ0) is 22.2. The lowest BCUT2D eigenvalue weighted by atomic mass is 10.0. The molecule has 0 aliphatic carbocycles. The highest BCUT2D eigenvalue weighted by Crippen LogP contribution is 2.30. The summed E-state index contributed by atoms with van der Waals surface area (Å²) in [5, 5.41) is 8.44. The fraction of sp³-hybridized carbons (Fsp3) is 0.250. The van der Waals surface area contributed by atoms with Gasteiger partial charge < -0.3 is 14.7 Å². The number of benzene rings is 2. The Kier molecular flexibility index (Phi) is 5.22. The van der Waals surface area contributed by atoms with Crippen LogP contribution in [-0.4, -0.2) is 33.4 Å². The quantitative estimate of drug-likeness (QED) is 0.505. The molecule has 8 heteroatoms. The smallest absolute Gasteiger partial charge is 0.254 e. The lowest BCUT2D eigenvalue weighted by Gasteiger charge is -2.26. The number of nitrogens with one attached hydrogen (secondary N) is 1. The van der Waals surface area contributed by atoms with E-state index < -0.39 is 0 Å². The molecule has 1 aliphatic heterocycles. The van der Waals surface area contributed by atoms with E-state index in [2.05, 4.69) is 21.5 Å². The molecule has 5 rings (SSSR count). The van der Waals surface area contributed by atoms with Gasteiger partial charge >= 0.3 is 0 Å². The lowest BCUT2D eigenvalue weighted by molar-refractivity contribution is -0.115. The van der Waals surface area contributed by atoms with Gasteiger partial charge in [0.05, 0.1) is 18.7 Å². The first-order valence-corrected chi connectivity index (χ1v) is 11.3. The predicted molar refractivity (Wildman–Crippen MR) is 123 cm³/mol. The van der Waals surface area contributed by atoms with Crippen molar-refractivity contribution in [3.8, 4) is 0 Å². The highest BCUT2D eigenvalue weighted by atomic mass is 32.1. The Hall–Kier alpha value is -3.52. The Morgan fingerprint density at radius 2 is 2.00 bits per heavy atom. The van der Waals surface area contributed by atoms with Crippen LogP contribution >= 0.6 is 11.3 Å². The number of thiazole rings is 1. The van der Waals surface area contributed by atoms with Crippen molar-refractivity contribution in [3.63, 3.8) is 0 Å². The summed E-state index contributed by atoms with van der Waals surface area (Å²) in [5.74, 6) is -0.178. The normalized spacial score (nSPS) is 13.2. The van der Waals surface area contributed by atoms with Gasteiger partial charge in [-0.05, 0) is 43.2 Å². The fourth-order valence-electron chi connectivity index (χ4n) is 4.14. The first-order chi connectivity index (χ1) is 15.5. The maximum atomic E-state index is 12.8. The monoisotopic (exact) mass is 446 g/mol. The molecule has 1 aliphatic rings. The molecule has 3 heterocycles. The summed E-state index contributed by atoms with van der Waals surface area (Å²) >= 11 is 1.42. The van der Waals surface area contributed by atoms with Gasteiger partial charge in [-0.15, -0.1) is 0 Å². The van der Waals surface area contributed by atoms with Crippen molar-refractivity contribution in [1.82, 2.24) is 15.0 Å². The zero-order valence-corrected chi connectivity index (χ0v) is 18.7. The van der Waals surface area contributed by atoms with E-state index in [0.717, 1.165) is 27.1 Å². The molecule has 2 aromatic carbocycles. The summed E-state index contributed by atoms with van der Waals surface area (Å²) < 4.78 is 5.42. The van der Waals surface area contributed by atoms with Crippen LogP contribution < -0.4 is 5.32 Å². The number of carbonyl (C=O) groups excluding carboxylic acids is 2. The second-order valence-corrected chi connectivity index (χ2v) is 9.12. The van der Waals surface area contributed by atoms with Crippen LogP contribution in [0, 0.1) is 13.8 Å². The average Bonchev–Trinajstić information content (AvgIpc) is 3.36. The van der Waals surface area contributed by atoms with Gasteiger partial charge in [-0.2, -0.15) is 0 Å². The number of fused-ring (bicyclic) bond motifs is 2. The van der Waals surface area contributed by atoms with Gasteiger partial charge in [-0.3, -0.25) is 9.59 Å². The third-order valence-corrected chi connectivity index (χ3v) is 6.60. The van der Waals surface area contributed by atoms with Gasteiger partial charge in [0.15, 0.2) is 10.7 Å². The number of hydrogen-bond acceptors (Lipinski definition) is 6. The SMILES string of the molecule is Cc1cc(C)c2c(CC(=O)Nc3nc4c(s3)CN(C(=O)c3ccccc3)CC4)noc2c1. The zero-order valence-electron chi connectivity index (χ0n) is 17.8.